The summed E-state index contributed by atoms with van der Waals surface area (Å²) in [5, 5.41) is 3.59. The summed E-state index contributed by atoms with van der Waals surface area (Å²) in [6.07, 6.45) is 4.95. The Morgan fingerprint density at radius 2 is 2.00 bits per heavy atom. The molecule has 0 radical (unpaired) electrons. The van der Waals surface area contributed by atoms with Gasteiger partial charge in [0, 0.05) is 37.3 Å². The average Bonchev–Trinajstić information content (AvgIpc) is 2.92. The Morgan fingerprint density at radius 3 is 2.64 bits per heavy atom. The van der Waals surface area contributed by atoms with Gasteiger partial charge in [-0.15, -0.1) is 0 Å². The molecule has 0 aromatic carbocycles. The largest absolute Gasteiger partial charge is 0.356 e. The Hall–Kier alpha value is -1.21. The van der Waals surface area contributed by atoms with Gasteiger partial charge in [0.2, 0.25) is 0 Å². The first-order chi connectivity index (χ1) is 11.9. The van der Waals surface area contributed by atoms with Crippen LogP contribution in [0.1, 0.15) is 44.1 Å². The molecule has 3 rings (SSSR count). The molecule has 2 aliphatic heterocycles. The number of nitrogens with zero attached hydrogens (tertiary/aromatic N) is 3. The van der Waals surface area contributed by atoms with Crippen LogP contribution in [0.4, 0.5) is 5.82 Å². The predicted molar refractivity (Wildman–Crippen MR) is 101 cm³/mol. The molecule has 0 aliphatic carbocycles. The van der Waals surface area contributed by atoms with E-state index in [0.717, 1.165) is 69.1 Å². The maximum absolute atomic E-state index is 11.5. The van der Waals surface area contributed by atoms with Gasteiger partial charge in [0.25, 0.3) is 0 Å². The van der Waals surface area contributed by atoms with Crippen molar-refractivity contribution in [3.05, 3.63) is 17.6 Å². The molecule has 0 unspecified atom stereocenters. The van der Waals surface area contributed by atoms with E-state index in [1.54, 1.807) is 0 Å². The molecule has 2 fully saturated rings. The van der Waals surface area contributed by atoms with Crippen molar-refractivity contribution >= 4 is 15.7 Å². The first kappa shape index (κ1) is 18.6. The van der Waals surface area contributed by atoms with Gasteiger partial charge in [0.1, 0.15) is 11.6 Å². The predicted octanol–water partition coefficient (Wildman–Crippen LogP) is 1.73. The molecule has 7 heteroatoms. The van der Waals surface area contributed by atoms with Crippen LogP contribution >= 0.6 is 0 Å². The number of hydrogen-bond acceptors (Lipinski definition) is 6. The summed E-state index contributed by atoms with van der Waals surface area (Å²) in [6.45, 7) is 6.99. The Labute approximate surface area is 151 Å². The molecule has 1 aromatic rings. The molecule has 140 valence electrons. The van der Waals surface area contributed by atoms with E-state index in [1.165, 1.54) is 0 Å². The van der Waals surface area contributed by atoms with E-state index in [4.69, 9.17) is 4.98 Å². The van der Waals surface area contributed by atoms with Crippen LogP contribution < -0.4 is 10.2 Å². The number of sulfone groups is 1. The Morgan fingerprint density at radius 1 is 1.24 bits per heavy atom. The summed E-state index contributed by atoms with van der Waals surface area (Å²) in [5.41, 5.74) is 1.04. The van der Waals surface area contributed by atoms with Gasteiger partial charge in [-0.05, 0) is 45.1 Å². The monoisotopic (exact) mass is 366 g/mol. The summed E-state index contributed by atoms with van der Waals surface area (Å²) in [6, 6.07) is 2.56. The highest BCUT2D eigenvalue weighted by Crippen LogP contribution is 2.21. The smallest absolute Gasteiger partial charge is 0.150 e. The van der Waals surface area contributed by atoms with Gasteiger partial charge in [0.15, 0.2) is 9.84 Å². The fourth-order valence-electron chi connectivity index (χ4n) is 3.79. The minimum absolute atomic E-state index is 0.296. The van der Waals surface area contributed by atoms with Crippen molar-refractivity contribution < 1.29 is 8.42 Å². The highest BCUT2D eigenvalue weighted by atomic mass is 32.2. The van der Waals surface area contributed by atoms with E-state index in [0.29, 0.717) is 23.5 Å². The van der Waals surface area contributed by atoms with Crippen molar-refractivity contribution in [2.45, 2.75) is 52.0 Å². The lowest BCUT2D eigenvalue weighted by molar-refractivity contribution is 0.385. The second-order valence-corrected chi connectivity index (χ2v) is 9.70. The van der Waals surface area contributed by atoms with Crippen LogP contribution in [0, 0.1) is 12.8 Å². The first-order valence-corrected chi connectivity index (χ1v) is 11.3. The number of aromatic nitrogens is 2. The van der Waals surface area contributed by atoms with Crippen LogP contribution in [0.15, 0.2) is 6.07 Å². The molecule has 0 saturated carbocycles. The summed E-state index contributed by atoms with van der Waals surface area (Å²) >= 11 is 0. The molecule has 2 saturated heterocycles. The van der Waals surface area contributed by atoms with Crippen LogP contribution in [0.2, 0.25) is 0 Å². The second kappa shape index (κ2) is 7.99. The van der Waals surface area contributed by atoms with Crippen LogP contribution in [-0.4, -0.2) is 55.6 Å². The van der Waals surface area contributed by atoms with E-state index < -0.39 is 9.84 Å². The first-order valence-electron chi connectivity index (χ1n) is 9.48. The minimum atomic E-state index is -2.77. The van der Waals surface area contributed by atoms with E-state index in [-0.39, 0.29) is 0 Å². The number of aryl methyl sites for hydroxylation is 2. The highest BCUT2D eigenvalue weighted by molar-refractivity contribution is 7.91. The van der Waals surface area contributed by atoms with Crippen LogP contribution in [0.5, 0.6) is 0 Å². The van der Waals surface area contributed by atoms with E-state index in [2.05, 4.69) is 28.2 Å². The Bertz CT molecular complexity index is 684. The summed E-state index contributed by atoms with van der Waals surface area (Å²) in [5.74, 6) is 3.02. The third kappa shape index (κ3) is 5.14. The fourth-order valence-corrected chi connectivity index (χ4v) is 5.65. The van der Waals surface area contributed by atoms with Crippen molar-refractivity contribution in [2.24, 2.45) is 5.92 Å². The van der Waals surface area contributed by atoms with Crippen molar-refractivity contribution in [1.82, 2.24) is 15.3 Å². The molecule has 3 heterocycles. The number of anilines is 1. The van der Waals surface area contributed by atoms with E-state index in [1.807, 2.05) is 6.92 Å². The molecule has 1 aromatic heterocycles. The summed E-state index contributed by atoms with van der Waals surface area (Å²) < 4.78 is 23.1. The summed E-state index contributed by atoms with van der Waals surface area (Å²) in [7, 11) is -2.77. The molecular formula is C18H30N4O2S. The SMILES string of the molecule is CCCc1nc(C)cc(N2CCC(NC[C@H]3CCS(=O)(=O)C3)CC2)n1. The maximum Gasteiger partial charge on any atom is 0.150 e. The highest BCUT2D eigenvalue weighted by Gasteiger charge is 2.28. The standard InChI is InChI=1S/C18H30N4O2S/c1-3-4-17-20-14(2)11-18(21-17)22-8-5-16(6-9-22)19-12-15-7-10-25(23,24)13-15/h11,15-16,19H,3-10,12-13H2,1-2H3/t15-/m1/s1. The van der Waals surface area contributed by atoms with Crippen LogP contribution in [0.3, 0.4) is 0 Å². The van der Waals surface area contributed by atoms with Crippen LogP contribution in [-0.2, 0) is 16.3 Å². The van der Waals surface area contributed by atoms with Gasteiger partial charge in [-0.25, -0.2) is 18.4 Å². The number of piperidine rings is 1. The fraction of sp³-hybridized carbons (Fsp3) is 0.778. The zero-order valence-electron chi connectivity index (χ0n) is 15.4. The van der Waals surface area contributed by atoms with E-state index in [9.17, 15) is 8.42 Å². The van der Waals surface area contributed by atoms with Crippen molar-refractivity contribution in [3.8, 4) is 0 Å². The van der Waals surface area contributed by atoms with Gasteiger partial charge < -0.3 is 10.2 Å². The number of hydrogen-bond donors (Lipinski definition) is 1. The molecular weight excluding hydrogens is 336 g/mol. The molecule has 1 N–H and O–H groups in total. The van der Waals surface area contributed by atoms with Gasteiger partial charge in [0.05, 0.1) is 11.5 Å². The molecule has 25 heavy (non-hydrogen) atoms. The van der Waals surface area contributed by atoms with Gasteiger partial charge >= 0.3 is 0 Å². The average molecular weight is 367 g/mol. The molecule has 6 nitrogen and oxygen atoms in total. The Kier molecular flexibility index (Phi) is 5.94. The lowest BCUT2D eigenvalue weighted by Crippen LogP contribution is -2.44. The molecule has 0 amide bonds. The zero-order valence-corrected chi connectivity index (χ0v) is 16.2. The molecule has 0 spiro atoms. The Balaban J connectivity index is 1.49. The lowest BCUT2D eigenvalue weighted by Gasteiger charge is -2.34. The van der Waals surface area contributed by atoms with Gasteiger partial charge in [-0.1, -0.05) is 6.92 Å². The van der Waals surface area contributed by atoms with E-state index >= 15 is 0 Å². The second-order valence-electron chi connectivity index (χ2n) is 7.47. The normalized spacial score (nSPS) is 23.9. The molecule has 0 bridgehead atoms. The third-order valence-electron chi connectivity index (χ3n) is 5.20. The van der Waals surface area contributed by atoms with Crippen molar-refractivity contribution in [1.29, 1.82) is 0 Å². The van der Waals surface area contributed by atoms with Gasteiger partial charge in [-0.3, -0.25) is 0 Å². The van der Waals surface area contributed by atoms with Crippen molar-refractivity contribution in [2.75, 3.05) is 36.0 Å². The number of nitrogens with one attached hydrogen (secondary N) is 1. The molecule has 2 aliphatic rings. The quantitative estimate of drug-likeness (QED) is 0.826. The van der Waals surface area contributed by atoms with Gasteiger partial charge in [-0.2, -0.15) is 0 Å². The lowest BCUT2D eigenvalue weighted by atomic mass is 10.0. The molecule has 1 atom stereocenters. The summed E-state index contributed by atoms with van der Waals surface area (Å²) in [4.78, 5) is 11.6. The third-order valence-corrected chi connectivity index (χ3v) is 7.04. The van der Waals surface area contributed by atoms with Crippen LogP contribution in [0.25, 0.3) is 0 Å². The topological polar surface area (TPSA) is 75.2 Å². The minimum Gasteiger partial charge on any atom is -0.356 e. The van der Waals surface area contributed by atoms with Crippen molar-refractivity contribution in [3.63, 3.8) is 0 Å². The number of rotatable bonds is 6. The maximum atomic E-state index is 11.5. The zero-order chi connectivity index (χ0) is 17.9.